The van der Waals surface area contributed by atoms with Gasteiger partial charge < -0.3 is 5.73 Å². The van der Waals surface area contributed by atoms with Crippen LogP contribution in [0.1, 0.15) is 17.0 Å². The first-order valence-corrected chi connectivity index (χ1v) is 5.49. The van der Waals surface area contributed by atoms with Gasteiger partial charge in [0.05, 0.1) is 12.2 Å². The molecular weight excluding hydrogens is 220 g/mol. The van der Waals surface area contributed by atoms with Crippen LogP contribution in [-0.4, -0.2) is 14.8 Å². The predicted molar refractivity (Wildman–Crippen MR) is 66.1 cm³/mol. The van der Waals surface area contributed by atoms with Gasteiger partial charge in [-0.25, -0.2) is 0 Å². The lowest BCUT2D eigenvalue weighted by molar-refractivity contribution is 0.852. The number of rotatable bonds is 2. The fourth-order valence-corrected chi connectivity index (χ4v) is 1.94. The van der Waals surface area contributed by atoms with Gasteiger partial charge in [0.2, 0.25) is 0 Å². The first-order valence-electron chi connectivity index (χ1n) is 5.08. The third-order valence-corrected chi connectivity index (χ3v) is 3.02. The molecule has 5 heteroatoms. The minimum atomic E-state index is 0.362. The van der Waals surface area contributed by atoms with Crippen molar-refractivity contribution >= 4 is 12.2 Å². The van der Waals surface area contributed by atoms with Crippen LogP contribution in [0.25, 0.3) is 5.69 Å². The van der Waals surface area contributed by atoms with Crippen LogP contribution < -0.4 is 5.73 Å². The summed E-state index contributed by atoms with van der Waals surface area (Å²) in [5.41, 5.74) is 9.10. The molecule has 4 nitrogen and oxygen atoms in total. The Morgan fingerprint density at radius 3 is 2.88 bits per heavy atom. The van der Waals surface area contributed by atoms with Gasteiger partial charge in [-0.2, -0.15) is 5.10 Å². The van der Waals surface area contributed by atoms with Crippen molar-refractivity contribution in [3.05, 3.63) is 39.9 Å². The molecule has 0 radical (unpaired) electrons. The highest BCUT2D eigenvalue weighted by Crippen LogP contribution is 2.18. The number of hydrogen-bond donors (Lipinski definition) is 2. The molecule has 1 aromatic carbocycles. The number of benzene rings is 1. The molecule has 2 rings (SSSR count). The molecule has 0 saturated heterocycles. The van der Waals surface area contributed by atoms with E-state index in [1.54, 1.807) is 0 Å². The molecule has 0 saturated carbocycles. The Hall–Kier alpha value is -1.46. The highest BCUT2D eigenvalue weighted by Gasteiger charge is 2.09. The van der Waals surface area contributed by atoms with Gasteiger partial charge in [0.15, 0.2) is 4.77 Å². The van der Waals surface area contributed by atoms with Gasteiger partial charge >= 0.3 is 0 Å². The zero-order valence-electron chi connectivity index (χ0n) is 9.32. The Morgan fingerprint density at radius 2 is 2.19 bits per heavy atom. The summed E-state index contributed by atoms with van der Waals surface area (Å²) >= 11 is 5.21. The van der Waals surface area contributed by atoms with Crippen molar-refractivity contribution in [2.45, 2.75) is 20.4 Å². The van der Waals surface area contributed by atoms with E-state index >= 15 is 0 Å². The van der Waals surface area contributed by atoms with E-state index in [2.05, 4.69) is 30.1 Å². The van der Waals surface area contributed by atoms with Gasteiger partial charge in [0.1, 0.15) is 5.82 Å². The molecule has 84 valence electrons. The number of nitrogens with one attached hydrogen (secondary N) is 1. The second-order valence-electron chi connectivity index (χ2n) is 3.70. The van der Waals surface area contributed by atoms with Gasteiger partial charge in [-0.15, -0.1) is 0 Å². The summed E-state index contributed by atoms with van der Waals surface area (Å²) in [5.74, 6) is 0.749. The van der Waals surface area contributed by atoms with E-state index in [-0.39, 0.29) is 0 Å². The first kappa shape index (κ1) is 11.0. The molecule has 0 spiro atoms. The number of hydrogen-bond acceptors (Lipinski definition) is 3. The van der Waals surface area contributed by atoms with Crippen LogP contribution in [0, 0.1) is 18.6 Å². The maximum atomic E-state index is 5.64. The Kier molecular flexibility index (Phi) is 2.89. The summed E-state index contributed by atoms with van der Waals surface area (Å²) < 4.78 is 2.46. The van der Waals surface area contributed by atoms with Crippen LogP contribution in [0.3, 0.4) is 0 Å². The maximum absolute atomic E-state index is 5.64. The van der Waals surface area contributed by atoms with E-state index in [4.69, 9.17) is 18.0 Å². The highest BCUT2D eigenvalue weighted by molar-refractivity contribution is 7.71. The molecule has 1 heterocycles. The largest absolute Gasteiger partial charge is 0.324 e. The molecule has 0 amide bonds. The number of nitrogens with two attached hydrogens (primary N) is 1. The lowest BCUT2D eigenvalue weighted by atomic mass is 10.1. The fraction of sp³-hybridized carbons (Fsp3) is 0.273. The van der Waals surface area contributed by atoms with Crippen molar-refractivity contribution in [1.29, 1.82) is 0 Å². The van der Waals surface area contributed by atoms with Crippen LogP contribution in [0.2, 0.25) is 0 Å². The number of aromatic nitrogens is 3. The van der Waals surface area contributed by atoms with Crippen LogP contribution in [0.15, 0.2) is 18.2 Å². The Morgan fingerprint density at radius 1 is 1.44 bits per heavy atom. The lowest BCUT2D eigenvalue weighted by Gasteiger charge is -2.10. The molecule has 0 unspecified atom stereocenters. The summed E-state index contributed by atoms with van der Waals surface area (Å²) in [6.45, 7) is 4.50. The van der Waals surface area contributed by atoms with Crippen LogP contribution in [0.5, 0.6) is 0 Å². The molecule has 0 aliphatic heterocycles. The van der Waals surface area contributed by atoms with Gasteiger partial charge in [0, 0.05) is 0 Å². The van der Waals surface area contributed by atoms with Crippen molar-refractivity contribution in [1.82, 2.24) is 14.8 Å². The molecular formula is C11H14N4S. The lowest BCUT2D eigenvalue weighted by Crippen LogP contribution is -2.08. The summed E-state index contributed by atoms with van der Waals surface area (Å²) in [5, 5.41) is 6.87. The van der Waals surface area contributed by atoms with Crippen molar-refractivity contribution in [3.8, 4) is 5.69 Å². The van der Waals surface area contributed by atoms with E-state index in [1.807, 2.05) is 16.7 Å². The SMILES string of the molecule is Cc1cccc(-n2c(CN)n[nH]c2=S)c1C. The molecule has 0 aliphatic carbocycles. The Labute approximate surface area is 99.1 Å². The second-order valence-corrected chi connectivity index (χ2v) is 4.09. The van der Waals surface area contributed by atoms with Gasteiger partial charge in [0.25, 0.3) is 0 Å². The van der Waals surface area contributed by atoms with E-state index in [0.717, 1.165) is 11.5 Å². The second kappa shape index (κ2) is 4.19. The highest BCUT2D eigenvalue weighted by atomic mass is 32.1. The van der Waals surface area contributed by atoms with Crippen LogP contribution in [0.4, 0.5) is 0 Å². The van der Waals surface area contributed by atoms with Crippen molar-refractivity contribution in [2.75, 3.05) is 0 Å². The van der Waals surface area contributed by atoms with E-state index in [1.165, 1.54) is 11.1 Å². The van der Waals surface area contributed by atoms with Crippen molar-refractivity contribution < 1.29 is 0 Å². The standard InChI is InChI=1S/C11H14N4S/c1-7-4-3-5-9(8(7)2)15-10(6-12)13-14-11(15)16/h3-5H,6,12H2,1-2H3,(H,14,16). The number of aromatic amines is 1. The minimum absolute atomic E-state index is 0.362. The summed E-state index contributed by atoms with van der Waals surface area (Å²) in [6, 6.07) is 6.10. The zero-order chi connectivity index (χ0) is 11.7. The predicted octanol–water partition coefficient (Wildman–Crippen LogP) is 2.01. The smallest absolute Gasteiger partial charge is 0.199 e. The first-order chi connectivity index (χ1) is 7.65. The van der Waals surface area contributed by atoms with E-state index in [9.17, 15) is 0 Å². The van der Waals surface area contributed by atoms with Gasteiger partial charge in [-0.1, -0.05) is 12.1 Å². The normalized spacial score (nSPS) is 10.7. The quantitative estimate of drug-likeness (QED) is 0.781. The molecule has 0 atom stereocenters. The topological polar surface area (TPSA) is 59.6 Å². The third-order valence-electron chi connectivity index (χ3n) is 2.74. The summed E-state index contributed by atoms with van der Waals surface area (Å²) in [7, 11) is 0. The number of aryl methyl sites for hydroxylation is 1. The van der Waals surface area contributed by atoms with Gasteiger partial charge in [-0.3, -0.25) is 9.67 Å². The van der Waals surface area contributed by atoms with Crippen LogP contribution in [-0.2, 0) is 6.54 Å². The molecule has 2 aromatic rings. The van der Waals surface area contributed by atoms with Crippen LogP contribution >= 0.6 is 12.2 Å². The molecule has 0 aliphatic rings. The fourth-order valence-electron chi connectivity index (χ4n) is 1.69. The summed E-state index contributed by atoms with van der Waals surface area (Å²) in [6.07, 6.45) is 0. The molecule has 3 N–H and O–H groups in total. The zero-order valence-corrected chi connectivity index (χ0v) is 10.1. The maximum Gasteiger partial charge on any atom is 0.199 e. The Bertz CT molecular complexity index is 568. The number of H-pyrrole nitrogens is 1. The average Bonchev–Trinajstić information content (AvgIpc) is 2.64. The molecule has 16 heavy (non-hydrogen) atoms. The van der Waals surface area contributed by atoms with Gasteiger partial charge in [-0.05, 0) is 43.3 Å². The van der Waals surface area contributed by atoms with Crippen molar-refractivity contribution in [2.24, 2.45) is 5.73 Å². The Balaban J connectivity index is 2.72. The van der Waals surface area contributed by atoms with E-state index < -0.39 is 0 Å². The average molecular weight is 234 g/mol. The minimum Gasteiger partial charge on any atom is -0.324 e. The molecule has 1 aromatic heterocycles. The number of nitrogens with zero attached hydrogens (tertiary/aromatic N) is 2. The third kappa shape index (κ3) is 1.68. The summed E-state index contributed by atoms with van der Waals surface area (Å²) in [4.78, 5) is 0. The molecule has 0 fully saturated rings. The van der Waals surface area contributed by atoms with E-state index in [0.29, 0.717) is 11.3 Å². The molecule has 0 bridgehead atoms. The monoisotopic (exact) mass is 234 g/mol. The van der Waals surface area contributed by atoms with Crippen molar-refractivity contribution in [3.63, 3.8) is 0 Å².